The largest absolute Gasteiger partial charge is 0.352 e. The number of rotatable bonds is 4. The minimum Gasteiger partial charge on any atom is -0.352 e. The Bertz CT molecular complexity index is 355. The van der Waals surface area contributed by atoms with Crippen LogP contribution in [0.3, 0.4) is 0 Å². The lowest BCUT2D eigenvalue weighted by Crippen LogP contribution is -2.24. The zero-order valence-corrected chi connectivity index (χ0v) is 9.90. The Labute approximate surface area is 98.8 Å². The summed E-state index contributed by atoms with van der Waals surface area (Å²) in [4.78, 5) is 15.3. The van der Waals surface area contributed by atoms with Crippen molar-refractivity contribution in [1.82, 2.24) is 10.3 Å². The molecular weight excluding hydrogens is 235 g/mol. The molecule has 0 saturated heterocycles. The number of carbonyl (C=O) groups excluding carboxylic acids is 1. The summed E-state index contributed by atoms with van der Waals surface area (Å²) < 4.78 is 0. The van der Waals surface area contributed by atoms with Gasteiger partial charge in [-0.2, -0.15) is 0 Å². The molecule has 0 atom stereocenters. The maximum atomic E-state index is 11.5. The highest BCUT2D eigenvalue weighted by atomic mass is 35.5. The smallest absolute Gasteiger partial charge is 0.252 e. The van der Waals surface area contributed by atoms with E-state index in [1.54, 1.807) is 0 Å². The molecule has 0 saturated carbocycles. The summed E-state index contributed by atoms with van der Waals surface area (Å²) in [6.45, 7) is 2.72. The van der Waals surface area contributed by atoms with E-state index < -0.39 is 0 Å². The van der Waals surface area contributed by atoms with Crippen molar-refractivity contribution < 1.29 is 4.79 Å². The number of carbonyl (C=O) groups is 1. The Morgan fingerprint density at radius 2 is 2.27 bits per heavy atom. The zero-order chi connectivity index (χ0) is 11.3. The van der Waals surface area contributed by atoms with Gasteiger partial charge in [0.15, 0.2) is 0 Å². The van der Waals surface area contributed by atoms with Crippen LogP contribution in [0.2, 0.25) is 10.2 Å². The SMILES string of the molecule is CCCCNC(=O)c1cnc(Cl)c(Cl)c1. The summed E-state index contributed by atoms with van der Waals surface area (Å²) in [6, 6.07) is 1.51. The van der Waals surface area contributed by atoms with Crippen LogP contribution < -0.4 is 5.32 Å². The van der Waals surface area contributed by atoms with Gasteiger partial charge in [0.2, 0.25) is 0 Å². The highest BCUT2D eigenvalue weighted by Gasteiger charge is 2.07. The van der Waals surface area contributed by atoms with Gasteiger partial charge < -0.3 is 5.32 Å². The average Bonchev–Trinajstić information content (AvgIpc) is 2.22. The molecule has 0 fully saturated rings. The van der Waals surface area contributed by atoms with Gasteiger partial charge in [-0.05, 0) is 12.5 Å². The van der Waals surface area contributed by atoms with Crippen LogP contribution in [0, 0.1) is 0 Å². The number of hydrogen-bond donors (Lipinski definition) is 1. The van der Waals surface area contributed by atoms with Gasteiger partial charge in [-0.1, -0.05) is 36.5 Å². The Kier molecular flexibility index (Phi) is 4.85. The molecule has 0 unspecified atom stereocenters. The van der Waals surface area contributed by atoms with Gasteiger partial charge in [0.1, 0.15) is 5.15 Å². The van der Waals surface area contributed by atoms with Gasteiger partial charge in [-0.15, -0.1) is 0 Å². The fourth-order valence-electron chi connectivity index (χ4n) is 1.03. The summed E-state index contributed by atoms with van der Waals surface area (Å²) >= 11 is 11.4. The molecular formula is C10H12Cl2N2O. The van der Waals surface area contributed by atoms with Crippen molar-refractivity contribution in [2.24, 2.45) is 0 Å². The first-order chi connectivity index (χ1) is 7.15. The van der Waals surface area contributed by atoms with E-state index in [1.807, 2.05) is 0 Å². The number of nitrogens with one attached hydrogen (secondary N) is 1. The molecule has 0 aromatic carbocycles. The summed E-state index contributed by atoms with van der Waals surface area (Å²) in [6.07, 6.45) is 3.41. The maximum absolute atomic E-state index is 11.5. The quantitative estimate of drug-likeness (QED) is 0.656. The van der Waals surface area contributed by atoms with Crippen molar-refractivity contribution in [1.29, 1.82) is 0 Å². The van der Waals surface area contributed by atoms with E-state index in [2.05, 4.69) is 17.2 Å². The number of unbranched alkanes of at least 4 members (excludes halogenated alkanes) is 1. The normalized spacial score (nSPS) is 10.1. The molecule has 0 aliphatic carbocycles. The monoisotopic (exact) mass is 246 g/mol. The summed E-state index contributed by atoms with van der Waals surface area (Å²) in [7, 11) is 0. The van der Waals surface area contributed by atoms with Gasteiger partial charge >= 0.3 is 0 Å². The fourth-order valence-corrected chi connectivity index (χ4v) is 1.30. The van der Waals surface area contributed by atoms with E-state index in [-0.39, 0.29) is 11.1 Å². The number of aromatic nitrogens is 1. The Hall–Kier alpha value is -0.800. The van der Waals surface area contributed by atoms with E-state index in [9.17, 15) is 4.79 Å². The second kappa shape index (κ2) is 5.93. The number of halogens is 2. The van der Waals surface area contributed by atoms with E-state index in [4.69, 9.17) is 23.2 Å². The molecule has 15 heavy (non-hydrogen) atoms. The van der Waals surface area contributed by atoms with Crippen molar-refractivity contribution in [2.75, 3.05) is 6.54 Å². The predicted octanol–water partition coefficient (Wildman–Crippen LogP) is 2.92. The lowest BCUT2D eigenvalue weighted by molar-refractivity contribution is 0.0953. The molecule has 1 rings (SSSR count). The minimum atomic E-state index is -0.172. The molecule has 5 heteroatoms. The summed E-state index contributed by atoms with van der Waals surface area (Å²) in [5.74, 6) is -0.172. The van der Waals surface area contributed by atoms with Crippen LogP contribution in [0.25, 0.3) is 0 Å². The van der Waals surface area contributed by atoms with Crippen LogP contribution in [-0.4, -0.2) is 17.4 Å². The number of nitrogens with zero attached hydrogens (tertiary/aromatic N) is 1. The second-order valence-corrected chi connectivity index (χ2v) is 3.87. The van der Waals surface area contributed by atoms with Crippen molar-refractivity contribution in [3.05, 3.63) is 28.0 Å². The van der Waals surface area contributed by atoms with Crippen molar-refractivity contribution in [3.8, 4) is 0 Å². The van der Waals surface area contributed by atoms with Crippen molar-refractivity contribution >= 4 is 29.1 Å². The lowest BCUT2D eigenvalue weighted by Gasteiger charge is -2.04. The van der Waals surface area contributed by atoms with E-state index in [0.29, 0.717) is 17.1 Å². The average molecular weight is 247 g/mol. The standard InChI is InChI=1S/C10H12Cl2N2O/c1-2-3-4-13-10(15)7-5-8(11)9(12)14-6-7/h5-6H,2-4H2,1H3,(H,13,15). The molecule has 0 bridgehead atoms. The summed E-state index contributed by atoms with van der Waals surface area (Å²) in [5.41, 5.74) is 0.431. The Morgan fingerprint density at radius 3 is 2.87 bits per heavy atom. The third kappa shape index (κ3) is 3.68. The van der Waals surface area contributed by atoms with E-state index in [0.717, 1.165) is 12.8 Å². The third-order valence-electron chi connectivity index (χ3n) is 1.87. The maximum Gasteiger partial charge on any atom is 0.252 e. The van der Waals surface area contributed by atoms with Gasteiger partial charge in [0, 0.05) is 12.7 Å². The molecule has 1 amide bonds. The van der Waals surface area contributed by atoms with Crippen LogP contribution in [0.5, 0.6) is 0 Å². The lowest BCUT2D eigenvalue weighted by atomic mass is 10.2. The van der Waals surface area contributed by atoms with Gasteiger partial charge in [0.25, 0.3) is 5.91 Å². The van der Waals surface area contributed by atoms with E-state index >= 15 is 0 Å². The topological polar surface area (TPSA) is 42.0 Å². The number of hydrogen-bond acceptors (Lipinski definition) is 2. The van der Waals surface area contributed by atoms with Crippen LogP contribution in [-0.2, 0) is 0 Å². The highest BCUT2D eigenvalue weighted by Crippen LogP contribution is 2.19. The van der Waals surface area contributed by atoms with Gasteiger partial charge in [-0.3, -0.25) is 4.79 Å². The minimum absolute atomic E-state index is 0.172. The van der Waals surface area contributed by atoms with Crippen LogP contribution in [0.15, 0.2) is 12.3 Å². The first kappa shape index (κ1) is 12.3. The molecule has 3 nitrogen and oxygen atoms in total. The predicted molar refractivity (Wildman–Crippen MR) is 61.5 cm³/mol. The Balaban J connectivity index is 2.62. The fraction of sp³-hybridized carbons (Fsp3) is 0.400. The second-order valence-electron chi connectivity index (χ2n) is 3.11. The third-order valence-corrected chi connectivity index (χ3v) is 2.56. The first-order valence-corrected chi connectivity index (χ1v) is 5.50. The van der Waals surface area contributed by atoms with Crippen molar-refractivity contribution in [3.63, 3.8) is 0 Å². The molecule has 1 N–H and O–H groups in total. The molecule has 0 radical (unpaired) electrons. The van der Waals surface area contributed by atoms with Crippen molar-refractivity contribution in [2.45, 2.75) is 19.8 Å². The van der Waals surface area contributed by atoms with Gasteiger partial charge in [0.05, 0.1) is 10.6 Å². The molecule has 82 valence electrons. The first-order valence-electron chi connectivity index (χ1n) is 4.74. The summed E-state index contributed by atoms with van der Waals surface area (Å²) in [5, 5.41) is 3.27. The molecule has 0 spiro atoms. The molecule has 1 aromatic heterocycles. The van der Waals surface area contributed by atoms with Crippen LogP contribution in [0.1, 0.15) is 30.1 Å². The molecule has 1 heterocycles. The molecule has 0 aliphatic heterocycles. The molecule has 0 aliphatic rings. The Morgan fingerprint density at radius 1 is 1.53 bits per heavy atom. The molecule has 1 aromatic rings. The number of pyridine rings is 1. The van der Waals surface area contributed by atoms with Crippen LogP contribution in [0.4, 0.5) is 0 Å². The van der Waals surface area contributed by atoms with E-state index in [1.165, 1.54) is 12.3 Å². The van der Waals surface area contributed by atoms with Crippen LogP contribution >= 0.6 is 23.2 Å². The highest BCUT2D eigenvalue weighted by molar-refractivity contribution is 6.41. The zero-order valence-electron chi connectivity index (χ0n) is 8.39. The number of amides is 1. The van der Waals surface area contributed by atoms with Gasteiger partial charge in [-0.25, -0.2) is 4.98 Å².